The Hall–Kier alpha value is -1.31. The molecule has 0 saturated carbocycles. The van der Waals surface area contributed by atoms with Crippen LogP contribution in [0.15, 0.2) is 12.4 Å². The molecule has 0 N–H and O–H groups in total. The molecule has 0 aromatic carbocycles. The molecule has 0 saturated heterocycles. The van der Waals surface area contributed by atoms with Gasteiger partial charge in [-0.05, 0) is 0 Å². The van der Waals surface area contributed by atoms with Crippen LogP contribution >= 0.6 is 0 Å². The van der Waals surface area contributed by atoms with Gasteiger partial charge >= 0.3 is 101 Å². The van der Waals surface area contributed by atoms with Crippen molar-refractivity contribution in [3.8, 4) is 0 Å². The number of hydrogen-bond donors (Lipinski definition) is 0. The monoisotopic (exact) mass is 264 g/mol. The third-order valence-corrected chi connectivity index (χ3v) is 1.86. The predicted octanol–water partition coefficient (Wildman–Crippen LogP) is 0.292. The third kappa shape index (κ3) is 12.7. The van der Waals surface area contributed by atoms with Gasteiger partial charge in [0.1, 0.15) is 0 Å². The normalized spacial score (nSPS) is 5.44. The zero-order chi connectivity index (χ0) is 14.1. The fourth-order valence-corrected chi connectivity index (χ4v) is 0.733. The van der Waals surface area contributed by atoms with Crippen molar-refractivity contribution in [3.05, 3.63) is 43.3 Å². The van der Waals surface area contributed by atoms with Crippen molar-refractivity contribution in [1.82, 2.24) is 9.13 Å². The number of imidazole rings is 1. The Morgan fingerprint density at radius 3 is 1.06 bits per heavy atom. The van der Waals surface area contributed by atoms with Crippen LogP contribution in [0.5, 0.6) is 0 Å². The maximum atomic E-state index is 7.50. The molecule has 6 nitrogen and oxygen atoms in total. The van der Waals surface area contributed by atoms with Gasteiger partial charge in [0, 0.05) is 0 Å². The molecule has 1 rings (SSSR count). The van der Waals surface area contributed by atoms with Crippen molar-refractivity contribution in [2.75, 3.05) is 0 Å². The Morgan fingerprint density at radius 1 is 0.812 bits per heavy atom. The zero-order valence-corrected chi connectivity index (χ0v) is 9.64. The molecule has 1 aromatic rings. The molecule has 0 atom stereocenters. The molecule has 0 aliphatic carbocycles. The van der Waals surface area contributed by atoms with Crippen molar-refractivity contribution >= 4 is 0 Å². The summed E-state index contributed by atoms with van der Waals surface area (Å²) in [7, 11) is 3.95. The van der Waals surface area contributed by atoms with Crippen molar-refractivity contribution < 1.29 is 34.2 Å². The van der Waals surface area contributed by atoms with E-state index in [0.29, 0.717) is 0 Å². The molecule has 0 aliphatic heterocycles. The van der Waals surface area contributed by atoms with Crippen LogP contribution in [0.4, 0.5) is 0 Å². The molecule has 1 heterocycles. The van der Waals surface area contributed by atoms with Crippen molar-refractivity contribution in [2.45, 2.75) is 0 Å². The van der Waals surface area contributed by atoms with Crippen molar-refractivity contribution in [1.29, 1.82) is 0 Å². The average molecular weight is 264 g/mol. The molecule has 0 bridgehead atoms. The van der Waals surface area contributed by atoms with Crippen LogP contribution in [0.3, 0.4) is 0 Å². The van der Waals surface area contributed by atoms with E-state index in [2.05, 4.69) is 42.2 Å². The van der Waals surface area contributed by atoms with E-state index in [1.165, 1.54) is 0 Å². The number of hydrogen-bond acceptors (Lipinski definition) is 0. The average Bonchev–Trinajstić information content (AvgIpc) is 2.70. The Balaban J connectivity index is -0.0000000771. The molecule has 16 heavy (non-hydrogen) atoms. The summed E-state index contributed by atoms with van der Waals surface area (Å²) >= 11 is 3.81. The van der Waals surface area contributed by atoms with Crippen LogP contribution in [0.25, 0.3) is 0 Å². The first-order chi connectivity index (χ1) is 7.72. The van der Waals surface area contributed by atoms with Gasteiger partial charge in [0.05, 0.1) is 0 Å². The molecule has 0 spiro atoms. The van der Waals surface area contributed by atoms with Gasteiger partial charge < -0.3 is 0 Å². The molecule has 0 amide bonds. The van der Waals surface area contributed by atoms with Gasteiger partial charge in [-0.2, -0.15) is 0 Å². The molecular formula is C9H8FeN2O4. The molecule has 7 heteroatoms. The number of aromatic nitrogens is 2. The van der Waals surface area contributed by atoms with E-state index in [1.54, 1.807) is 0 Å². The van der Waals surface area contributed by atoms with Gasteiger partial charge in [-0.1, -0.05) is 0 Å². The van der Waals surface area contributed by atoms with E-state index >= 15 is 0 Å². The fourth-order valence-electron chi connectivity index (χ4n) is 0.568. The summed E-state index contributed by atoms with van der Waals surface area (Å²) in [6.07, 6.45) is 3.95. The molecule has 0 fully saturated rings. The van der Waals surface area contributed by atoms with Gasteiger partial charge in [0.25, 0.3) is 0 Å². The van der Waals surface area contributed by atoms with Crippen molar-refractivity contribution in [2.24, 2.45) is 14.1 Å². The van der Waals surface area contributed by atoms with Gasteiger partial charge in [-0.15, -0.1) is 0 Å². The fraction of sp³-hybridized carbons (Fsp3) is 0.222. The zero-order valence-electron chi connectivity index (χ0n) is 8.54. The summed E-state index contributed by atoms with van der Waals surface area (Å²) in [6, 6.07) is 0. The SMILES string of the molecule is Cn1ccn(C)[c]1=[Fe].[C-]#[O+].[C-]#[O+].[C-]#[O+].[C-]#[O+]. The van der Waals surface area contributed by atoms with E-state index in [0.717, 1.165) is 4.32 Å². The third-order valence-electron chi connectivity index (χ3n) is 1.08. The van der Waals surface area contributed by atoms with Crippen LogP contribution in [0.1, 0.15) is 0 Å². The summed E-state index contributed by atoms with van der Waals surface area (Å²) < 4.78 is 35.0. The van der Waals surface area contributed by atoms with Crippen LogP contribution in [0.2, 0.25) is 0 Å². The van der Waals surface area contributed by atoms with Gasteiger partial charge in [-0.25, -0.2) is 0 Å². The molecule has 1 aromatic heterocycles. The minimum absolute atomic E-state index is 1.02. The van der Waals surface area contributed by atoms with E-state index in [1.807, 2.05) is 35.6 Å². The molecule has 0 radical (unpaired) electrons. The molecule has 86 valence electrons. The van der Waals surface area contributed by atoms with Crippen molar-refractivity contribution in [3.63, 3.8) is 0 Å². The Labute approximate surface area is 101 Å². The second-order valence-corrected chi connectivity index (χ2v) is 2.27. The first-order valence-corrected chi connectivity index (χ1v) is 3.74. The first-order valence-electron chi connectivity index (χ1n) is 3.18. The number of aryl methyl sites for hydroxylation is 2. The predicted molar refractivity (Wildman–Crippen MR) is 43.3 cm³/mol. The number of nitrogens with zero attached hydrogens (tertiary/aromatic N) is 2. The second-order valence-electron chi connectivity index (χ2n) is 1.78. The summed E-state index contributed by atoms with van der Waals surface area (Å²) in [6.45, 7) is 18.0. The Morgan fingerprint density at radius 2 is 1.00 bits per heavy atom. The van der Waals surface area contributed by atoms with Gasteiger partial charge in [-0.3, -0.25) is 0 Å². The quantitative estimate of drug-likeness (QED) is 0.366. The van der Waals surface area contributed by atoms with Crippen LogP contribution in [-0.4, -0.2) is 9.13 Å². The molecule has 0 aliphatic rings. The minimum atomic E-state index is 1.02. The summed E-state index contributed by atoms with van der Waals surface area (Å²) in [5.74, 6) is 0. The van der Waals surface area contributed by atoms with E-state index in [-0.39, 0.29) is 0 Å². The second kappa shape index (κ2) is 23.5. The van der Waals surface area contributed by atoms with E-state index < -0.39 is 0 Å². The maximum absolute atomic E-state index is 7.50. The molecular weight excluding hydrogens is 256 g/mol. The Kier molecular flexibility index (Phi) is 35.4. The summed E-state index contributed by atoms with van der Waals surface area (Å²) in [4.78, 5) is 0. The van der Waals surface area contributed by atoms with E-state index in [9.17, 15) is 0 Å². The summed E-state index contributed by atoms with van der Waals surface area (Å²) in [5, 5.41) is 0. The molecule has 0 unspecified atom stereocenters. The first kappa shape index (κ1) is 24.1. The van der Waals surface area contributed by atoms with E-state index in [4.69, 9.17) is 18.6 Å². The van der Waals surface area contributed by atoms with Crippen LogP contribution in [0, 0.1) is 30.9 Å². The summed E-state index contributed by atoms with van der Waals surface area (Å²) in [5.41, 5.74) is 0. The van der Waals surface area contributed by atoms with Crippen LogP contribution < -0.4 is 0 Å². The standard InChI is InChI=1S/C5H8N2.4CO.Fe/c1-6-3-4-7(2)5-6;4*1-2;/h3-4H,1-2H3;;;;;. The number of rotatable bonds is 0. The van der Waals surface area contributed by atoms with Gasteiger partial charge in [0.15, 0.2) is 0 Å². The van der Waals surface area contributed by atoms with Crippen LogP contribution in [-0.2, 0) is 48.3 Å². The van der Waals surface area contributed by atoms with Gasteiger partial charge in [0.2, 0.25) is 0 Å². The Bertz CT molecular complexity index is 337. The topological polar surface area (TPSA) is 89.5 Å².